The second-order valence-electron chi connectivity index (χ2n) is 10.3. The summed E-state index contributed by atoms with van der Waals surface area (Å²) in [5.41, 5.74) is 10.5. The zero-order chi connectivity index (χ0) is 29.5. The third-order valence-corrected chi connectivity index (χ3v) is 8.09. The molecule has 1 saturated heterocycles. The maximum Gasteiger partial charge on any atom is 0.255 e. The number of carbonyl (C=O) groups is 1. The molecule has 9 nitrogen and oxygen atoms in total. The number of aliphatic imine (C=N–C) groups is 1. The lowest BCUT2D eigenvalue weighted by molar-refractivity contribution is -0.138. The molecule has 42 heavy (non-hydrogen) atoms. The van der Waals surface area contributed by atoms with Crippen LogP contribution in [0.5, 0.6) is 5.75 Å². The molecule has 3 aromatic carbocycles. The molecule has 2 atom stereocenters. The molecular formula is C31H31Cl2N5O4. The number of carbonyl (C=O) groups excluding carboxylic acids is 1. The molecular weight excluding hydrogens is 577 g/mol. The van der Waals surface area contributed by atoms with Gasteiger partial charge in [-0.2, -0.15) is 0 Å². The minimum Gasteiger partial charge on any atom is -0.494 e. The van der Waals surface area contributed by atoms with Crippen molar-refractivity contribution in [2.75, 3.05) is 26.3 Å². The van der Waals surface area contributed by atoms with Crippen LogP contribution in [0.1, 0.15) is 47.6 Å². The van der Waals surface area contributed by atoms with Crippen molar-refractivity contribution >= 4 is 35.0 Å². The SMILES string of the molecule is [N-]=[N+]=NCc1ccccc1C[C@@]1(C(=O)N2CCCC2)N=C(c2ccc(OCCCO)cc2)O[C@@H]1c1ccc(Cl)cc1Cl. The van der Waals surface area contributed by atoms with Crippen molar-refractivity contribution in [3.05, 3.63) is 109 Å². The van der Waals surface area contributed by atoms with Crippen molar-refractivity contribution in [2.24, 2.45) is 10.1 Å². The highest BCUT2D eigenvalue weighted by molar-refractivity contribution is 6.35. The van der Waals surface area contributed by atoms with Crippen LogP contribution in [0.15, 0.2) is 76.8 Å². The van der Waals surface area contributed by atoms with Crippen LogP contribution < -0.4 is 4.74 Å². The van der Waals surface area contributed by atoms with Gasteiger partial charge in [0.25, 0.3) is 5.91 Å². The normalized spacial score (nSPS) is 19.6. The van der Waals surface area contributed by atoms with Crippen molar-refractivity contribution in [2.45, 2.75) is 43.9 Å². The lowest BCUT2D eigenvalue weighted by Gasteiger charge is -2.34. The Morgan fingerprint density at radius 2 is 1.86 bits per heavy atom. The number of aliphatic hydroxyl groups is 1. The van der Waals surface area contributed by atoms with Crippen molar-refractivity contribution in [1.29, 1.82) is 0 Å². The molecule has 3 aromatic rings. The molecule has 0 radical (unpaired) electrons. The minimum atomic E-state index is -1.39. The van der Waals surface area contributed by atoms with E-state index in [0.717, 1.165) is 24.0 Å². The molecule has 2 heterocycles. The Labute approximate surface area is 254 Å². The molecule has 218 valence electrons. The second-order valence-corrected chi connectivity index (χ2v) is 11.1. The van der Waals surface area contributed by atoms with E-state index in [1.165, 1.54) is 0 Å². The highest BCUT2D eigenvalue weighted by atomic mass is 35.5. The molecule has 0 unspecified atom stereocenters. The molecule has 2 aliphatic heterocycles. The molecule has 1 fully saturated rings. The van der Waals surface area contributed by atoms with E-state index in [1.54, 1.807) is 30.3 Å². The molecule has 1 amide bonds. The number of likely N-dealkylation sites (tertiary alicyclic amines) is 1. The molecule has 5 rings (SSSR count). The van der Waals surface area contributed by atoms with Gasteiger partial charge in [0.2, 0.25) is 5.90 Å². The van der Waals surface area contributed by atoms with E-state index in [9.17, 15) is 4.79 Å². The van der Waals surface area contributed by atoms with Gasteiger partial charge in [0.05, 0.1) is 13.2 Å². The van der Waals surface area contributed by atoms with Crippen molar-refractivity contribution in [3.63, 3.8) is 0 Å². The fraction of sp³-hybridized carbons (Fsp3) is 0.355. The van der Waals surface area contributed by atoms with Gasteiger partial charge in [-0.05, 0) is 65.9 Å². The van der Waals surface area contributed by atoms with Crippen LogP contribution in [-0.4, -0.2) is 53.7 Å². The van der Waals surface area contributed by atoms with Gasteiger partial charge in [-0.15, -0.1) is 0 Å². The van der Waals surface area contributed by atoms with E-state index >= 15 is 0 Å². The van der Waals surface area contributed by atoms with Gasteiger partial charge in [0, 0.05) is 58.6 Å². The Morgan fingerprint density at radius 3 is 2.55 bits per heavy atom. The lowest BCUT2D eigenvalue weighted by Crippen LogP contribution is -2.51. The Hall–Kier alpha value is -3.75. The van der Waals surface area contributed by atoms with Crippen molar-refractivity contribution in [3.8, 4) is 5.75 Å². The summed E-state index contributed by atoms with van der Waals surface area (Å²) in [4.78, 5) is 24.5. The number of ether oxygens (including phenoxy) is 2. The third-order valence-electron chi connectivity index (χ3n) is 7.53. The monoisotopic (exact) mass is 607 g/mol. The lowest BCUT2D eigenvalue weighted by atomic mass is 9.80. The van der Waals surface area contributed by atoms with Crippen LogP contribution in [0, 0.1) is 0 Å². The molecule has 0 bridgehead atoms. The van der Waals surface area contributed by atoms with E-state index in [1.807, 2.05) is 41.3 Å². The van der Waals surface area contributed by atoms with E-state index in [0.29, 0.717) is 58.9 Å². The predicted octanol–water partition coefficient (Wildman–Crippen LogP) is 6.69. The predicted molar refractivity (Wildman–Crippen MR) is 162 cm³/mol. The molecule has 0 aromatic heterocycles. The van der Waals surface area contributed by atoms with Gasteiger partial charge in [-0.1, -0.05) is 58.6 Å². The molecule has 0 spiro atoms. The van der Waals surface area contributed by atoms with Crippen LogP contribution in [-0.2, 0) is 22.5 Å². The summed E-state index contributed by atoms with van der Waals surface area (Å²) in [5.74, 6) is 0.816. The number of rotatable bonds is 11. The van der Waals surface area contributed by atoms with Gasteiger partial charge in [-0.3, -0.25) is 4.79 Å². The molecule has 1 N–H and O–H groups in total. The first-order valence-corrected chi connectivity index (χ1v) is 14.6. The number of benzene rings is 3. The smallest absolute Gasteiger partial charge is 0.255 e. The third kappa shape index (κ3) is 6.35. The maximum atomic E-state index is 14.6. The van der Waals surface area contributed by atoms with Crippen molar-refractivity contribution < 1.29 is 19.4 Å². The van der Waals surface area contributed by atoms with Gasteiger partial charge in [-0.25, -0.2) is 4.99 Å². The first kappa shape index (κ1) is 29.7. The fourth-order valence-electron chi connectivity index (χ4n) is 5.44. The number of hydrogen-bond acceptors (Lipinski definition) is 6. The average molecular weight is 609 g/mol. The minimum absolute atomic E-state index is 0.0521. The average Bonchev–Trinajstić information content (AvgIpc) is 3.67. The summed E-state index contributed by atoms with van der Waals surface area (Å²) >= 11 is 13.0. The first-order chi connectivity index (χ1) is 20.4. The number of nitrogens with zero attached hydrogens (tertiary/aromatic N) is 5. The zero-order valence-electron chi connectivity index (χ0n) is 23.0. The standard InChI is InChI=1S/C31H31Cl2N5O4/c32-24-10-13-26(27(33)18-24)28-31(30(40)38-14-3-4-15-38,19-22-6-1-2-7-23(22)20-35-37-34)36-29(42-28)21-8-11-25(12-9-21)41-17-5-16-39/h1-2,6-13,18,28,39H,3-5,14-17,19-20H2/t28-,31-/m1/s1. The van der Waals surface area contributed by atoms with Gasteiger partial charge >= 0.3 is 0 Å². The fourth-order valence-corrected chi connectivity index (χ4v) is 5.94. The molecule has 0 aliphatic carbocycles. The highest BCUT2D eigenvalue weighted by Crippen LogP contribution is 2.46. The van der Waals surface area contributed by atoms with E-state index in [4.69, 9.17) is 48.3 Å². The van der Waals surface area contributed by atoms with Gasteiger partial charge in [0.15, 0.2) is 11.6 Å². The summed E-state index contributed by atoms with van der Waals surface area (Å²) in [7, 11) is 0. The number of aliphatic hydroxyl groups excluding tert-OH is 1. The van der Waals surface area contributed by atoms with Crippen LogP contribution in [0.4, 0.5) is 0 Å². The van der Waals surface area contributed by atoms with Gasteiger partial charge < -0.3 is 19.5 Å². The Morgan fingerprint density at radius 1 is 1.12 bits per heavy atom. The Bertz CT molecular complexity index is 1500. The van der Waals surface area contributed by atoms with E-state index < -0.39 is 11.6 Å². The summed E-state index contributed by atoms with van der Waals surface area (Å²) in [6.07, 6.45) is 1.71. The quantitative estimate of drug-likeness (QED) is 0.113. The Kier molecular flexibility index (Phi) is 9.55. The van der Waals surface area contributed by atoms with Gasteiger partial charge in [0.1, 0.15) is 5.75 Å². The van der Waals surface area contributed by atoms with E-state index in [2.05, 4.69) is 10.0 Å². The molecule has 11 heteroatoms. The van der Waals surface area contributed by atoms with E-state index in [-0.39, 0.29) is 25.5 Å². The van der Waals surface area contributed by atoms with Crippen molar-refractivity contribution in [1.82, 2.24) is 4.90 Å². The van der Waals surface area contributed by atoms with Crippen LogP contribution in [0.3, 0.4) is 0 Å². The van der Waals surface area contributed by atoms with Crippen LogP contribution in [0.25, 0.3) is 10.4 Å². The zero-order valence-corrected chi connectivity index (χ0v) is 24.5. The first-order valence-electron chi connectivity index (χ1n) is 13.9. The number of azide groups is 1. The maximum absolute atomic E-state index is 14.6. The number of halogens is 2. The van der Waals surface area contributed by atoms with Crippen LogP contribution >= 0.6 is 23.2 Å². The largest absolute Gasteiger partial charge is 0.494 e. The molecule has 2 aliphatic rings. The highest BCUT2D eigenvalue weighted by Gasteiger charge is 2.55. The topological polar surface area (TPSA) is 120 Å². The summed E-state index contributed by atoms with van der Waals surface area (Å²) in [6, 6.07) is 20.0. The second kappa shape index (κ2) is 13.5. The summed E-state index contributed by atoms with van der Waals surface area (Å²) in [6.45, 7) is 1.85. The summed E-state index contributed by atoms with van der Waals surface area (Å²) in [5, 5.41) is 13.7. The number of amides is 1. The Balaban J connectivity index is 1.63. The van der Waals surface area contributed by atoms with Crippen LogP contribution in [0.2, 0.25) is 10.0 Å². The summed E-state index contributed by atoms with van der Waals surface area (Å²) < 4.78 is 12.3. The molecule has 0 saturated carbocycles. The number of hydrogen-bond donors (Lipinski definition) is 1.